The van der Waals surface area contributed by atoms with E-state index >= 15 is 0 Å². The topological polar surface area (TPSA) is 33.3 Å². The highest BCUT2D eigenvalue weighted by atomic mass is 32.1. The van der Waals surface area contributed by atoms with Gasteiger partial charge in [-0.1, -0.05) is 27.7 Å². The normalized spacial score (nSPS) is 15.4. The summed E-state index contributed by atoms with van der Waals surface area (Å²) < 4.78 is 5.99. The Morgan fingerprint density at radius 3 is 2.13 bits per heavy atom. The Morgan fingerprint density at radius 2 is 1.61 bits per heavy atom. The number of ether oxygens (including phenoxy) is 1. The molecule has 0 spiro atoms. The molecule has 1 aromatic rings. The second-order valence-corrected chi connectivity index (χ2v) is 7.57. The molecule has 0 heterocycles. The first-order valence-corrected chi connectivity index (χ1v) is 9.20. The van der Waals surface area contributed by atoms with E-state index in [4.69, 9.17) is 17.0 Å². The van der Waals surface area contributed by atoms with Crippen LogP contribution in [0, 0.1) is 11.8 Å². The van der Waals surface area contributed by atoms with E-state index < -0.39 is 0 Å². The Balaban J connectivity index is 1.85. The number of hydrogen-bond donors (Lipinski definition) is 2. The predicted molar refractivity (Wildman–Crippen MR) is 102 cm³/mol. The fraction of sp³-hybridized carbons (Fsp3) is 0.632. The SMILES string of the molecule is CC(C)C(NC(=S)Nc1ccc(OC2CCCC2)cc1)C(C)C. The number of nitrogens with one attached hydrogen (secondary N) is 2. The van der Waals surface area contributed by atoms with Crippen molar-refractivity contribution in [3.63, 3.8) is 0 Å². The van der Waals surface area contributed by atoms with Crippen LogP contribution in [-0.2, 0) is 0 Å². The molecule has 0 aliphatic heterocycles. The van der Waals surface area contributed by atoms with Crippen molar-refractivity contribution in [1.29, 1.82) is 0 Å². The van der Waals surface area contributed by atoms with Crippen LogP contribution < -0.4 is 15.4 Å². The molecule has 23 heavy (non-hydrogen) atoms. The van der Waals surface area contributed by atoms with Crippen LogP contribution in [0.3, 0.4) is 0 Å². The molecule has 4 heteroatoms. The average molecular weight is 335 g/mol. The molecule has 0 atom stereocenters. The van der Waals surface area contributed by atoms with Crippen LogP contribution in [0.25, 0.3) is 0 Å². The molecule has 1 fully saturated rings. The molecule has 1 saturated carbocycles. The molecule has 3 nitrogen and oxygen atoms in total. The minimum atomic E-state index is 0.375. The lowest BCUT2D eigenvalue weighted by Gasteiger charge is -2.27. The van der Waals surface area contributed by atoms with Crippen LogP contribution in [-0.4, -0.2) is 17.3 Å². The lowest BCUT2D eigenvalue weighted by Crippen LogP contribution is -2.44. The van der Waals surface area contributed by atoms with Gasteiger partial charge < -0.3 is 15.4 Å². The van der Waals surface area contributed by atoms with Gasteiger partial charge in [0.1, 0.15) is 5.75 Å². The molecule has 0 aromatic heterocycles. The highest BCUT2D eigenvalue weighted by Gasteiger charge is 2.18. The molecular formula is C19H30N2OS. The molecule has 2 N–H and O–H groups in total. The molecule has 2 rings (SSSR count). The smallest absolute Gasteiger partial charge is 0.171 e. The first-order chi connectivity index (χ1) is 11.0. The molecule has 0 bridgehead atoms. The standard InChI is InChI=1S/C19H30N2OS/c1-13(2)18(14(3)4)21-19(23)20-15-9-11-17(12-10-15)22-16-7-5-6-8-16/h9-14,16,18H,5-8H2,1-4H3,(H2,20,21,23). The van der Waals surface area contributed by atoms with Crippen molar-refractivity contribution in [3.8, 4) is 5.75 Å². The van der Waals surface area contributed by atoms with Gasteiger partial charge in [-0.15, -0.1) is 0 Å². The van der Waals surface area contributed by atoms with Gasteiger partial charge in [0.05, 0.1) is 6.10 Å². The highest BCUT2D eigenvalue weighted by Crippen LogP contribution is 2.25. The Bertz CT molecular complexity index is 485. The van der Waals surface area contributed by atoms with E-state index in [9.17, 15) is 0 Å². The molecule has 0 saturated heterocycles. The first kappa shape index (κ1) is 18.1. The summed E-state index contributed by atoms with van der Waals surface area (Å²) in [6.45, 7) is 8.87. The summed E-state index contributed by atoms with van der Waals surface area (Å²) in [5, 5.41) is 7.38. The molecule has 1 aliphatic rings. The van der Waals surface area contributed by atoms with Crippen molar-refractivity contribution in [1.82, 2.24) is 5.32 Å². The van der Waals surface area contributed by atoms with E-state index in [1.165, 1.54) is 25.7 Å². The summed E-state index contributed by atoms with van der Waals surface area (Å²) in [7, 11) is 0. The maximum absolute atomic E-state index is 5.99. The van der Waals surface area contributed by atoms with Gasteiger partial charge in [-0.2, -0.15) is 0 Å². The molecule has 0 radical (unpaired) electrons. The van der Waals surface area contributed by atoms with E-state index in [1.807, 2.05) is 24.3 Å². The third-order valence-electron chi connectivity index (χ3n) is 4.45. The molecule has 0 unspecified atom stereocenters. The van der Waals surface area contributed by atoms with Gasteiger partial charge in [-0.3, -0.25) is 0 Å². The lowest BCUT2D eigenvalue weighted by molar-refractivity contribution is 0.210. The molecular weight excluding hydrogens is 304 g/mol. The number of hydrogen-bond acceptors (Lipinski definition) is 2. The lowest BCUT2D eigenvalue weighted by atomic mass is 9.93. The monoisotopic (exact) mass is 334 g/mol. The minimum Gasteiger partial charge on any atom is -0.490 e. The van der Waals surface area contributed by atoms with Gasteiger partial charge in [0.25, 0.3) is 0 Å². The molecule has 1 aromatic carbocycles. The maximum Gasteiger partial charge on any atom is 0.171 e. The fourth-order valence-electron chi connectivity index (χ4n) is 3.24. The van der Waals surface area contributed by atoms with Crippen molar-refractivity contribution in [2.45, 2.75) is 65.5 Å². The van der Waals surface area contributed by atoms with Gasteiger partial charge >= 0.3 is 0 Å². The van der Waals surface area contributed by atoms with Crippen molar-refractivity contribution in [2.24, 2.45) is 11.8 Å². The summed E-state index contributed by atoms with van der Waals surface area (Å²) in [4.78, 5) is 0. The third kappa shape index (κ3) is 5.69. The fourth-order valence-corrected chi connectivity index (χ4v) is 3.49. The van der Waals surface area contributed by atoms with Crippen LogP contribution >= 0.6 is 12.2 Å². The van der Waals surface area contributed by atoms with E-state index in [2.05, 4.69) is 38.3 Å². The summed E-state index contributed by atoms with van der Waals surface area (Å²) in [6, 6.07) is 8.47. The van der Waals surface area contributed by atoms with Crippen molar-refractivity contribution >= 4 is 23.0 Å². The number of rotatable bonds is 6. The van der Waals surface area contributed by atoms with E-state index in [0.717, 1.165) is 11.4 Å². The quantitative estimate of drug-likeness (QED) is 0.719. The van der Waals surface area contributed by atoms with Crippen molar-refractivity contribution in [2.75, 3.05) is 5.32 Å². The minimum absolute atomic E-state index is 0.375. The van der Waals surface area contributed by atoms with E-state index in [-0.39, 0.29) is 0 Å². The molecule has 1 aliphatic carbocycles. The summed E-state index contributed by atoms with van der Waals surface area (Å²) in [5.74, 6) is 2.03. The number of benzene rings is 1. The van der Waals surface area contributed by atoms with Crippen molar-refractivity contribution < 1.29 is 4.74 Å². The zero-order valence-corrected chi connectivity index (χ0v) is 15.6. The summed E-state index contributed by atoms with van der Waals surface area (Å²) in [6.07, 6.45) is 5.34. The Kier molecular flexibility index (Phi) is 6.70. The second kappa shape index (κ2) is 8.53. The zero-order valence-electron chi connectivity index (χ0n) is 14.8. The Morgan fingerprint density at radius 1 is 1.04 bits per heavy atom. The largest absolute Gasteiger partial charge is 0.490 e. The predicted octanol–water partition coefficient (Wildman–Crippen LogP) is 4.98. The molecule has 128 valence electrons. The first-order valence-electron chi connectivity index (χ1n) is 8.80. The average Bonchev–Trinajstić information content (AvgIpc) is 2.99. The van der Waals surface area contributed by atoms with Crippen molar-refractivity contribution in [3.05, 3.63) is 24.3 Å². The van der Waals surface area contributed by atoms with Gasteiger partial charge in [0.2, 0.25) is 0 Å². The number of thiocarbonyl (C=S) groups is 1. The summed E-state index contributed by atoms with van der Waals surface area (Å²) in [5.41, 5.74) is 0.993. The zero-order chi connectivity index (χ0) is 16.8. The van der Waals surface area contributed by atoms with E-state index in [0.29, 0.717) is 29.1 Å². The van der Waals surface area contributed by atoms with E-state index in [1.54, 1.807) is 0 Å². The van der Waals surface area contributed by atoms with Crippen LogP contribution in [0.2, 0.25) is 0 Å². The van der Waals surface area contributed by atoms with Crippen LogP contribution in [0.4, 0.5) is 5.69 Å². The van der Waals surface area contributed by atoms with Gasteiger partial charge in [0, 0.05) is 11.7 Å². The van der Waals surface area contributed by atoms with Crippen LogP contribution in [0.15, 0.2) is 24.3 Å². The van der Waals surface area contributed by atoms with Gasteiger partial charge in [-0.25, -0.2) is 0 Å². The van der Waals surface area contributed by atoms with Crippen LogP contribution in [0.5, 0.6) is 5.75 Å². The van der Waals surface area contributed by atoms with Gasteiger partial charge in [-0.05, 0) is 74.0 Å². The number of anilines is 1. The Labute approximate surface area is 146 Å². The third-order valence-corrected chi connectivity index (χ3v) is 4.67. The Hall–Kier alpha value is -1.29. The van der Waals surface area contributed by atoms with Gasteiger partial charge in [0.15, 0.2) is 5.11 Å². The maximum atomic E-state index is 5.99. The van der Waals surface area contributed by atoms with Crippen LogP contribution in [0.1, 0.15) is 53.4 Å². The second-order valence-electron chi connectivity index (χ2n) is 7.16. The summed E-state index contributed by atoms with van der Waals surface area (Å²) >= 11 is 5.45. The molecule has 0 amide bonds. The highest BCUT2D eigenvalue weighted by molar-refractivity contribution is 7.80.